The smallest absolute Gasteiger partial charge is 0.358 e. The lowest BCUT2D eigenvalue weighted by molar-refractivity contribution is 0.0590. The highest BCUT2D eigenvalue weighted by atomic mass is 32.2. The molecule has 0 bridgehead atoms. The molecule has 1 aromatic heterocycles. The van der Waals surface area contributed by atoms with Crippen molar-refractivity contribution >= 4 is 27.3 Å². The van der Waals surface area contributed by atoms with Gasteiger partial charge in [-0.2, -0.15) is 0 Å². The molecule has 1 aliphatic heterocycles. The number of esters is 1. The van der Waals surface area contributed by atoms with Crippen molar-refractivity contribution in [3.63, 3.8) is 0 Å². The van der Waals surface area contributed by atoms with E-state index < -0.39 is 16.0 Å². The predicted octanol–water partition coefficient (Wildman–Crippen LogP) is 0.775. The Morgan fingerprint density at radius 3 is 3.00 bits per heavy atom. The number of hydrogen-bond donors (Lipinski definition) is 1. The van der Waals surface area contributed by atoms with E-state index in [0.717, 1.165) is 24.2 Å². The second-order valence-corrected chi connectivity index (χ2v) is 7.21. The van der Waals surface area contributed by atoms with Gasteiger partial charge in [-0.15, -0.1) is 11.3 Å². The highest BCUT2D eigenvalue weighted by Crippen LogP contribution is 2.23. The first-order chi connectivity index (χ1) is 9.45. The summed E-state index contributed by atoms with van der Waals surface area (Å²) in [5, 5.41) is 0. The van der Waals surface area contributed by atoms with Crippen molar-refractivity contribution in [1.29, 1.82) is 0 Å². The van der Waals surface area contributed by atoms with Crippen LogP contribution >= 0.6 is 11.3 Å². The summed E-state index contributed by atoms with van der Waals surface area (Å²) < 4.78 is 37.0. The van der Waals surface area contributed by atoms with Gasteiger partial charge in [-0.05, 0) is 19.8 Å². The highest BCUT2D eigenvalue weighted by molar-refractivity contribution is 7.91. The normalized spacial score (nSPS) is 20.8. The lowest BCUT2D eigenvalue weighted by Crippen LogP contribution is -2.40. The molecular weight excluding hydrogens is 304 g/mol. The largest absolute Gasteiger partial charge is 0.464 e. The topological polar surface area (TPSA) is 94.6 Å². The summed E-state index contributed by atoms with van der Waals surface area (Å²) in [6, 6.07) is -0.366. The SMILES string of the molecule is COC(=O)c1ncsc1S(=O)(=O)NC(C)C1CCCO1. The molecule has 0 saturated carbocycles. The fourth-order valence-electron chi connectivity index (χ4n) is 2.03. The average molecular weight is 320 g/mol. The molecule has 2 heterocycles. The second-order valence-electron chi connectivity index (χ2n) is 4.44. The maximum Gasteiger partial charge on any atom is 0.358 e. The van der Waals surface area contributed by atoms with Crippen LogP contribution in [0.25, 0.3) is 0 Å². The number of nitrogens with one attached hydrogen (secondary N) is 1. The Bertz CT molecular complexity index is 577. The Morgan fingerprint density at radius 1 is 1.65 bits per heavy atom. The zero-order chi connectivity index (χ0) is 14.8. The number of thiazole rings is 1. The van der Waals surface area contributed by atoms with Gasteiger partial charge in [0.15, 0.2) is 9.90 Å². The van der Waals surface area contributed by atoms with E-state index in [1.807, 2.05) is 0 Å². The summed E-state index contributed by atoms with van der Waals surface area (Å²) in [5.74, 6) is -0.767. The molecule has 1 aromatic rings. The number of nitrogens with zero attached hydrogens (tertiary/aromatic N) is 1. The number of aromatic nitrogens is 1. The van der Waals surface area contributed by atoms with Crippen LogP contribution < -0.4 is 4.72 Å². The van der Waals surface area contributed by atoms with Gasteiger partial charge in [-0.3, -0.25) is 0 Å². The molecule has 2 rings (SSSR count). The van der Waals surface area contributed by atoms with Crippen LogP contribution in [-0.2, 0) is 19.5 Å². The molecule has 0 radical (unpaired) electrons. The standard InChI is InChI=1S/C11H16N2O5S2/c1-7(8-4-3-5-18-8)13-20(15,16)11-9(10(14)17-2)12-6-19-11/h6-8,13H,3-5H2,1-2H3. The number of rotatable bonds is 5. The minimum absolute atomic E-state index is 0.130. The van der Waals surface area contributed by atoms with E-state index in [-0.39, 0.29) is 22.0 Å². The van der Waals surface area contributed by atoms with Crippen LogP contribution in [0.5, 0.6) is 0 Å². The number of methoxy groups -OCH3 is 1. The van der Waals surface area contributed by atoms with Crippen LogP contribution in [0.4, 0.5) is 0 Å². The average Bonchev–Trinajstić information content (AvgIpc) is 3.08. The van der Waals surface area contributed by atoms with Gasteiger partial charge in [-0.1, -0.05) is 0 Å². The van der Waals surface area contributed by atoms with Gasteiger partial charge in [-0.25, -0.2) is 22.9 Å². The summed E-state index contributed by atoms with van der Waals surface area (Å²) in [4.78, 5) is 15.2. The van der Waals surface area contributed by atoms with Crippen molar-refractivity contribution < 1.29 is 22.7 Å². The first-order valence-corrected chi connectivity index (χ1v) is 8.47. The molecule has 9 heteroatoms. The van der Waals surface area contributed by atoms with Crippen LogP contribution in [0.1, 0.15) is 30.3 Å². The summed E-state index contributed by atoms with van der Waals surface area (Å²) in [7, 11) is -2.63. The quantitative estimate of drug-likeness (QED) is 0.806. The lowest BCUT2D eigenvalue weighted by atomic mass is 10.1. The Hall–Kier alpha value is -1.03. The Labute approximate surface area is 121 Å². The fourth-order valence-corrected chi connectivity index (χ4v) is 4.45. The molecule has 0 aromatic carbocycles. The van der Waals surface area contributed by atoms with Crippen LogP contribution in [0.15, 0.2) is 9.72 Å². The highest BCUT2D eigenvalue weighted by Gasteiger charge is 2.31. The van der Waals surface area contributed by atoms with Gasteiger partial charge in [0.05, 0.1) is 18.7 Å². The van der Waals surface area contributed by atoms with Crippen molar-refractivity contribution in [2.24, 2.45) is 0 Å². The third-order valence-corrected chi connectivity index (χ3v) is 5.95. The first-order valence-electron chi connectivity index (χ1n) is 6.11. The number of carbonyl (C=O) groups is 1. The molecule has 1 aliphatic rings. The molecule has 0 amide bonds. The molecule has 1 fully saturated rings. The number of hydrogen-bond acceptors (Lipinski definition) is 7. The summed E-state index contributed by atoms with van der Waals surface area (Å²) >= 11 is 0.881. The van der Waals surface area contributed by atoms with Crippen LogP contribution in [0, 0.1) is 0 Å². The van der Waals surface area contributed by atoms with E-state index in [1.54, 1.807) is 6.92 Å². The Morgan fingerprint density at radius 2 is 2.40 bits per heavy atom. The molecule has 0 aliphatic carbocycles. The number of carbonyl (C=O) groups excluding carboxylic acids is 1. The van der Waals surface area contributed by atoms with Gasteiger partial charge in [0.2, 0.25) is 0 Å². The fraction of sp³-hybridized carbons (Fsp3) is 0.636. The lowest BCUT2D eigenvalue weighted by Gasteiger charge is -2.19. The monoisotopic (exact) mass is 320 g/mol. The molecule has 2 unspecified atom stereocenters. The Balaban J connectivity index is 2.18. The van der Waals surface area contributed by atoms with Crippen molar-refractivity contribution in [2.45, 2.75) is 36.1 Å². The van der Waals surface area contributed by atoms with Crippen molar-refractivity contribution in [2.75, 3.05) is 13.7 Å². The summed E-state index contributed by atoms with van der Waals surface area (Å²) in [6.45, 7) is 2.39. The number of ether oxygens (including phenoxy) is 2. The molecule has 2 atom stereocenters. The third kappa shape index (κ3) is 3.17. The van der Waals surface area contributed by atoms with E-state index in [0.29, 0.717) is 6.61 Å². The zero-order valence-corrected chi connectivity index (χ0v) is 12.8. The summed E-state index contributed by atoms with van der Waals surface area (Å²) in [5.41, 5.74) is 1.11. The Kier molecular flexibility index (Phi) is 4.74. The maximum atomic E-state index is 12.3. The van der Waals surface area contributed by atoms with Crippen LogP contribution in [0.3, 0.4) is 0 Å². The summed E-state index contributed by atoms with van der Waals surface area (Å²) in [6.07, 6.45) is 1.60. The molecular formula is C11H16N2O5S2. The van der Waals surface area contributed by atoms with Crippen LogP contribution in [0.2, 0.25) is 0 Å². The minimum Gasteiger partial charge on any atom is -0.464 e. The van der Waals surface area contributed by atoms with E-state index in [4.69, 9.17) is 4.74 Å². The third-order valence-electron chi connectivity index (χ3n) is 3.02. The molecule has 112 valence electrons. The second kappa shape index (κ2) is 6.17. The molecule has 7 nitrogen and oxygen atoms in total. The number of sulfonamides is 1. The van der Waals surface area contributed by atoms with Gasteiger partial charge in [0.25, 0.3) is 10.0 Å². The van der Waals surface area contributed by atoms with Gasteiger partial charge < -0.3 is 9.47 Å². The van der Waals surface area contributed by atoms with Gasteiger partial charge >= 0.3 is 5.97 Å². The first kappa shape index (κ1) is 15.4. The predicted molar refractivity (Wildman–Crippen MR) is 72.2 cm³/mol. The van der Waals surface area contributed by atoms with Crippen molar-refractivity contribution in [3.8, 4) is 0 Å². The van der Waals surface area contributed by atoms with E-state index in [9.17, 15) is 13.2 Å². The van der Waals surface area contributed by atoms with Crippen molar-refractivity contribution in [1.82, 2.24) is 9.71 Å². The zero-order valence-electron chi connectivity index (χ0n) is 11.2. The minimum atomic E-state index is -3.81. The molecule has 1 N–H and O–H groups in total. The van der Waals surface area contributed by atoms with Crippen molar-refractivity contribution in [3.05, 3.63) is 11.2 Å². The van der Waals surface area contributed by atoms with Crippen LogP contribution in [-0.4, -0.2) is 45.2 Å². The van der Waals surface area contributed by atoms with E-state index in [2.05, 4.69) is 14.4 Å². The van der Waals surface area contributed by atoms with E-state index >= 15 is 0 Å². The van der Waals surface area contributed by atoms with Gasteiger partial charge in [0, 0.05) is 12.6 Å². The van der Waals surface area contributed by atoms with Gasteiger partial charge in [0.1, 0.15) is 0 Å². The molecule has 1 saturated heterocycles. The molecule has 0 spiro atoms. The maximum absolute atomic E-state index is 12.3. The van der Waals surface area contributed by atoms with E-state index in [1.165, 1.54) is 12.6 Å². The molecule has 20 heavy (non-hydrogen) atoms.